The van der Waals surface area contributed by atoms with Gasteiger partial charge in [0.15, 0.2) is 0 Å². The molecule has 2 rings (SSSR count). The first-order valence-electron chi connectivity index (χ1n) is 4.72. The van der Waals surface area contributed by atoms with Crippen molar-refractivity contribution in [1.29, 1.82) is 0 Å². The van der Waals surface area contributed by atoms with Crippen molar-refractivity contribution in [3.05, 3.63) is 40.4 Å². The van der Waals surface area contributed by atoms with Crippen molar-refractivity contribution in [2.24, 2.45) is 0 Å². The summed E-state index contributed by atoms with van der Waals surface area (Å²) in [5.41, 5.74) is 1.73. The summed E-state index contributed by atoms with van der Waals surface area (Å²) < 4.78 is 0. The molecule has 3 heteroatoms. The molecule has 0 aliphatic heterocycles. The summed E-state index contributed by atoms with van der Waals surface area (Å²) in [5, 5.41) is 0.650. The summed E-state index contributed by atoms with van der Waals surface area (Å²) in [6.45, 7) is 5.94. The highest BCUT2D eigenvalue weighted by Gasteiger charge is 1.99. The van der Waals surface area contributed by atoms with Crippen molar-refractivity contribution in [3.63, 3.8) is 0 Å². The summed E-state index contributed by atoms with van der Waals surface area (Å²) in [6.07, 6.45) is 1.43. The predicted molar refractivity (Wildman–Crippen MR) is 58.4 cm³/mol. The first kappa shape index (κ1) is 10.4. The van der Waals surface area contributed by atoms with Crippen LogP contribution in [0.4, 0.5) is 0 Å². The molecular formula is C11H14N2O. The van der Waals surface area contributed by atoms with Gasteiger partial charge >= 0.3 is 0 Å². The molecule has 2 aromatic rings. The summed E-state index contributed by atoms with van der Waals surface area (Å²) in [4.78, 5) is 17.9. The lowest BCUT2D eigenvalue weighted by Crippen LogP contribution is -2.06. The van der Waals surface area contributed by atoms with Crippen LogP contribution in [0, 0.1) is 6.92 Å². The van der Waals surface area contributed by atoms with Crippen molar-refractivity contribution >= 4 is 10.9 Å². The van der Waals surface area contributed by atoms with E-state index >= 15 is 0 Å². The first-order chi connectivity index (χ1) is 6.79. The van der Waals surface area contributed by atoms with Crippen molar-refractivity contribution in [2.45, 2.75) is 20.8 Å². The Balaban J connectivity index is 0.000000461. The molecule has 0 radical (unpaired) electrons. The Morgan fingerprint density at radius 3 is 2.64 bits per heavy atom. The molecular weight excluding hydrogens is 176 g/mol. The highest BCUT2D eigenvalue weighted by atomic mass is 16.1. The molecule has 0 saturated heterocycles. The minimum atomic E-state index is -0.0799. The van der Waals surface area contributed by atoms with Crippen LogP contribution in [0.15, 0.2) is 29.3 Å². The standard InChI is InChI=1S/C9H8N2O.C2H6/c1-6-3-2-4-7-8(6)10-5-11-9(7)12;1-2/h2-5H,1H3,(H,10,11,12);1-2H3. The number of nitrogens with one attached hydrogen (secondary N) is 1. The molecule has 0 atom stereocenters. The summed E-state index contributed by atoms with van der Waals surface area (Å²) >= 11 is 0. The van der Waals surface area contributed by atoms with Gasteiger partial charge in [-0.2, -0.15) is 0 Å². The highest BCUT2D eigenvalue weighted by molar-refractivity contribution is 5.80. The quantitative estimate of drug-likeness (QED) is 0.692. The smallest absolute Gasteiger partial charge is 0.258 e. The molecule has 0 aliphatic carbocycles. The number of fused-ring (bicyclic) bond motifs is 1. The van der Waals surface area contributed by atoms with Gasteiger partial charge in [0.25, 0.3) is 5.56 Å². The van der Waals surface area contributed by atoms with E-state index in [0.29, 0.717) is 5.39 Å². The van der Waals surface area contributed by atoms with E-state index in [2.05, 4.69) is 9.97 Å². The Morgan fingerprint density at radius 1 is 1.29 bits per heavy atom. The lowest BCUT2D eigenvalue weighted by molar-refractivity contribution is 1.16. The fourth-order valence-corrected chi connectivity index (χ4v) is 1.25. The van der Waals surface area contributed by atoms with E-state index in [9.17, 15) is 4.79 Å². The van der Waals surface area contributed by atoms with Gasteiger partial charge in [0.1, 0.15) is 0 Å². The normalized spacial score (nSPS) is 9.36. The maximum absolute atomic E-state index is 11.2. The second kappa shape index (κ2) is 4.56. The average Bonchev–Trinajstić information content (AvgIpc) is 2.23. The largest absolute Gasteiger partial charge is 0.313 e. The molecule has 0 amide bonds. The van der Waals surface area contributed by atoms with Gasteiger partial charge in [-0.25, -0.2) is 4.98 Å². The van der Waals surface area contributed by atoms with Gasteiger partial charge < -0.3 is 4.98 Å². The van der Waals surface area contributed by atoms with E-state index < -0.39 is 0 Å². The number of rotatable bonds is 0. The van der Waals surface area contributed by atoms with Gasteiger partial charge in [-0.3, -0.25) is 4.79 Å². The van der Waals surface area contributed by atoms with Crippen molar-refractivity contribution in [2.75, 3.05) is 0 Å². The minimum absolute atomic E-state index is 0.0799. The second-order valence-electron chi connectivity index (χ2n) is 2.70. The van der Waals surface area contributed by atoms with Gasteiger partial charge in [-0.1, -0.05) is 26.0 Å². The van der Waals surface area contributed by atoms with Crippen LogP contribution in [-0.2, 0) is 0 Å². The van der Waals surface area contributed by atoms with E-state index in [1.165, 1.54) is 6.33 Å². The maximum Gasteiger partial charge on any atom is 0.258 e. The molecule has 0 saturated carbocycles. The second-order valence-corrected chi connectivity index (χ2v) is 2.70. The third-order valence-electron chi connectivity index (χ3n) is 1.87. The average molecular weight is 190 g/mol. The van der Waals surface area contributed by atoms with Crippen LogP contribution in [-0.4, -0.2) is 9.97 Å². The Morgan fingerprint density at radius 2 is 2.00 bits per heavy atom. The van der Waals surface area contributed by atoms with Crippen LogP contribution < -0.4 is 5.56 Å². The Kier molecular flexibility index (Phi) is 3.40. The van der Waals surface area contributed by atoms with Crippen molar-refractivity contribution < 1.29 is 0 Å². The lowest BCUT2D eigenvalue weighted by Gasteiger charge is -1.97. The summed E-state index contributed by atoms with van der Waals surface area (Å²) in [5.74, 6) is 0. The lowest BCUT2D eigenvalue weighted by atomic mass is 10.1. The van der Waals surface area contributed by atoms with Gasteiger partial charge in [0.05, 0.1) is 17.2 Å². The van der Waals surface area contributed by atoms with Crippen LogP contribution in [0.3, 0.4) is 0 Å². The fraction of sp³-hybridized carbons (Fsp3) is 0.273. The zero-order valence-electron chi connectivity index (χ0n) is 8.66. The third-order valence-corrected chi connectivity index (χ3v) is 1.87. The number of aromatic amines is 1. The number of hydrogen-bond acceptors (Lipinski definition) is 2. The number of hydrogen-bond donors (Lipinski definition) is 1. The SMILES string of the molecule is CC.Cc1cccc2c(=O)[nH]cnc12. The molecule has 1 heterocycles. The van der Waals surface area contributed by atoms with Crippen LogP contribution >= 0.6 is 0 Å². The van der Waals surface area contributed by atoms with Crippen LogP contribution in [0.1, 0.15) is 19.4 Å². The topological polar surface area (TPSA) is 45.8 Å². The van der Waals surface area contributed by atoms with Gasteiger partial charge in [-0.15, -0.1) is 0 Å². The number of H-pyrrole nitrogens is 1. The zero-order valence-corrected chi connectivity index (χ0v) is 8.66. The first-order valence-corrected chi connectivity index (χ1v) is 4.72. The molecule has 3 nitrogen and oxygen atoms in total. The predicted octanol–water partition coefficient (Wildman–Crippen LogP) is 2.26. The molecule has 0 spiro atoms. The molecule has 74 valence electrons. The van der Waals surface area contributed by atoms with Crippen LogP contribution in [0.5, 0.6) is 0 Å². The Labute approximate surface area is 82.8 Å². The summed E-state index contributed by atoms with van der Waals surface area (Å²) in [6, 6.07) is 5.57. The third kappa shape index (κ3) is 1.82. The van der Waals surface area contributed by atoms with Gasteiger partial charge in [0, 0.05) is 0 Å². The molecule has 0 aliphatic rings. The minimum Gasteiger partial charge on any atom is -0.313 e. The Bertz CT molecular complexity index is 474. The molecule has 0 unspecified atom stereocenters. The van der Waals surface area contributed by atoms with E-state index in [0.717, 1.165) is 11.1 Å². The number of aryl methyl sites for hydroxylation is 1. The molecule has 1 aromatic heterocycles. The number of benzene rings is 1. The maximum atomic E-state index is 11.2. The molecule has 0 fully saturated rings. The van der Waals surface area contributed by atoms with Crippen molar-refractivity contribution in [3.8, 4) is 0 Å². The molecule has 0 bridgehead atoms. The summed E-state index contributed by atoms with van der Waals surface area (Å²) in [7, 11) is 0. The monoisotopic (exact) mass is 190 g/mol. The van der Waals surface area contributed by atoms with E-state index in [1.807, 2.05) is 32.9 Å². The molecule has 1 aromatic carbocycles. The highest BCUT2D eigenvalue weighted by Crippen LogP contribution is 2.09. The van der Waals surface area contributed by atoms with Gasteiger partial charge in [0.2, 0.25) is 0 Å². The molecule has 1 N–H and O–H groups in total. The van der Waals surface area contributed by atoms with Crippen molar-refractivity contribution in [1.82, 2.24) is 9.97 Å². The molecule has 14 heavy (non-hydrogen) atoms. The van der Waals surface area contributed by atoms with Gasteiger partial charge in [-0.05, 0) is 18.6 Å². The van der Waals surface area contributed by atoms with E-state index in [-0.39, 0.29) is 5.56 Å². The number of aromatic nitrogens is 2. The Hall–Kier alpha value is -1.64. The van der Waals surface area contributed by atoms with Crippen LogP contribution in [0.2, 0.25) is 0 Å². The zero-order chi connectivity index (χ0) is 10.6. The van der Waals surface area contributed by atoms with Crippen LogP contribution in [0.25, 0.3) is 10.9 Å². The number of para-hydroxylation sites is 1. The van der Waals surface area contributed by atoms with E-state index in [4.69, 9.17) is 0 Å². The fourth-order valence-electron chi connectivity index (χ4n) is 1.25. The van der Waals surface area contributed by atoms with E-state index in [1.54, 1.807) is 6.07 Å². The number of nitrogens with zero attached hydrogens (tertiary/aromatic N) is 1.